The lowest BCUT2D eigenvalue weighted by Crippen LogP contribution is -2.53. The number of imide groups is 1. The van der Waals surface area contributed by atoms with Gasteiger partial charge in [0.2, 0.25) is 27.8 Å². The van der Waals surface area contributed by atoms with Gasteiger partial charge in [0.15, 0.2) is 0 Å². The third-order valence-corrected chi connectivity index (χ3v) is 13.9. The van der Waals surface area contributed by atoms with Crippen LogP contribution in [0.2, 0.25) is 0 Å². The van der Waals surface area contributed by atoms with E-state index in [4.69, 9.17) is 9.72 Å². The second-order valence-corrected chi connectivity index (χ2v) is 18.7. The van der Waals surface area contributed by atoms with Crippen molar-refractivity contribution in [2.45, 2.75) is 57.4 Å². The summed E-state index contributed by atoms with van der Waals surface area (Å²) in [6, 6.07) is 18.8. The molecule has 4 aliphatic heterocycles. The van der Waals surface area contributed by atoms with E-state index in [-0.39, 0.29) is 17.7 Å². The molecule has 14 nitrogen and oxygen atoms in total. The lowest BCUT2D eigenvalue weighted by Gasteiger charge is -2.43. The van der Waals surface area contributed by atoms with Gasteiger partial charge >= 0.3 is 0 Å². The summed E-state index contributed by atoms with van der Waals surface area (Å²) in [5.74, 6) is 0.964. The number of sulfonamides is 1. The molecule has 3 N–H and O–H groups in total. The van der Waals surface area contributed by atoms with Crippen LogP contribution in [-0.4, -0.2) is 112 Å². The molecule has 0 radical (unpaired) electrons. The average molecular weight is 887 g/mol. The van der Waals surface area contributed by atoms with Gasteiger partial charge in [-0.15, -0.1) is 0 Å². The standard InChI is InChI=1S/C43H52BrN9O5S/c1-28-25-36(47-43-45-27-34(44)41(49-43)46-35-6-4-5-31-14-20-53(40(31)35)59(3,56)57)38(58-2)26-37(28)52-18-15-32(16-19-52)51-23-21-50(22-24-51)17-13-29-7-9-30(10-8-29)33-11-12-39(54)48-42(33)55/h4-10,25-27,32-33H,11-24H2,1-3H3,(H,48,54,55)(H2,45,46,47,49). The number of hydrogen-bond acceptors (Lipinski definition) is 12. The number of aromatic nitrogens is 2. The fraction of sp³-hybridized carbons (Fsp3) is 0.442. The Labute approximate surface area is 354 Å². The first-order valence-electron chi connectivity index (χ1n) is 20.4. The number of carbonyl (C=O) groups excluding carboxylic acids is 2. The Bertz CT molecular complexity index is 2310. The van der Waals surface area contributed by atoms with Gasteiger partial charge in [0.1, 0.15) is 11.6 Å². The molecule has 1 unspecified atom stereocenters. The van der Waals surface area contributed by atoms with E-state index in [9.17, 15) is 18.0 Å². The molecule has 0 aliphatic carbocycles. The Morgan fingerprint density at radius 2 is 1.68 bits per heavy atom. The summed E-state index contributed by atoms with van der Waals surface area (Å²) in [6.07, 6.45) is 7.71. The summed E-state index contributed by atoms with van der Waals surface area (Å²) in [4.78, 5) is 40.8. The van der Waals surface area contributed by atoms with Crippen molar-refractivity contribution < 1.29 is 22.7 Å². The third kappa shape index (κ3) is 9.20. The van der Waals surface area contributed by atoms with Crippen molar-refractivity contribution in [3.05, 3.63) is 87.5 Å². The van der Waals surface area contributed by atoms with E-state index in [1.54, 1.807) is 13.3 Å². The molecule has 1 aromatic heterocycles. The first kappa shape index (κ1) is 41.0. The third-order valence-electron chi connectivity index (χ3n) is 12.2. The second-order valence-electron chi connectivity index (χ2n) is 16.0. The summed E-state index contributed by atoms with van der Waals surface area (Å²) in [5.41, 5.74) is 7.57. The van der Waals surface area contributed by atoms with Crippen LogP contribution in [-0.2, 0) is 32.5 Å². The number of methoxy groups -OCH3 is 1. The number of halogens is 1. The van der Waals surface area contributed by atoms with Crippen LogP contribution in [0.1, 0.15) is 53.9 Å². The number of ether oxygens (including phenoxy) is 1. The van der Waals surface area contributed by atoms with Crippen LogP contribution >= 0.6 is 15.9 Å². The Hall–Kier alpha value is -4.77. The molecule has 3 saturated heterocycles. The number of aryl methyl sites for hydroxylation is 1. The molecule has 3 aromatic carbocycles. The number of carbonyl (C=O) groups is 2. The molecule has 16 heteroatoms. The Morgan fingerprint density at radius 1 is 0.915 bits per heavy atom. The van der Waals surface area contributed by atoms with Gasteiger partial charge in [-0.1, -0.05) is 36.4 Å². The average Bonchev–Trinajstić information content (AvgIpc) is 3.69. The molecule has 4 aliphatic rings. The van der Waals surface area contributed by atoms with Crippen LogP contribution in [0.3, 0.4) is 0 Å². The number of anilines is 6. The maximum absolute atomic E-state index is 12.6. The van der Waals surface area contributed by atoms with E-state index in [2.05, 4.69) is 82.8 Å². The molecule has 2 amide bonds. The van der Waals surface area contributed by atoms with Crippen LogP contribution in [0.25, 0.3) is 0 Å². The zero-order valence-corrected chi connectivity index (χ0v) is 36.2. The Balaban J connectivity index is 0.836. The predicted octanol–water partition coefficient (Wildman–Crippen LogP) is 5.71. The highest BCUT2D eigenvalue weighted by molar-refractivity contribution is 9.10. The summed E-state index contributed by atoms with van der Waals surface area (Å²) >= 11 is 3.56. The van der Waals surface area contributed by atoms with Gasteiger partial charge in [-0.3, -0.25) is 24.1 Å². The maximum Gasteiger partial charge on any atom is 0.234 e. The van der Waals surface area contributed by atoms with Crippen molar-refractivity contribution in [1.82, 2.24) is 25.1 Å². The van der Waals surface area contributed by atoms with Gasteiger partial charge in [-0.05, 0) is 89.3 Å². The van der Waals surface area contributed by atoms with Crippen molar-refractivity contribution in [2.75, 3.05) is 85.6 Å². The molecule has 3 fully saturated rings. The Morgan fingerprint density at radius 3 is 2.39 bits per heavy atom. The molecular weight excluding hydrogens is 835 g/mol. The summed E-state index contributed by atoms with van der Waals surface area (Å²) in [5, 5.41) is 9.16. The molecule has 312 valence electrons. The molecular formula is C43H52BrN9O5S. The van der Waals surface area contributed by atoms with Crippen LogP contribution in [0.4, 0.5) is 34.5 Å². The molecule has 5 heterocycles. The zero-order valence-electron chi connectivity index (χ0n) is 33.8. The van der Waals surface area contributed by atoms with Crippen molar-refractivity contribution in [3.63, 3.8) is 0 Å². The van der Waals surface area contributed by atoms with Crippen LogP contribution in [0.5, 0.6) is 5.75 Å². The summed E-state index contributed by atoms with van der Waals surface area (Å²) < 4.78 is 33.1. The number of fused-ring (bicyclic) bond motifs is 1. The maximum atomic E-state index is 12.6. The SMILES string of the molecule is COc1cc(N2CCC(N3CCN(CCc4ccc(C5CCC(=O)NC5=O)cc4)CC3)CC2)c(C)cc1Nc1ncc(Br)c(Nc2cccc3c2N(S(C)(=O)=O)CC3)n1. The van der Waals surface area contributed by atoms with Gasteiger partial charge in [-0.2, -0.15) is 4.98 Å². The van der Waals surface area contributed by atoms with E-state index < -0.39 is 10.0 Å². The molecule has 0 saturated carbocycles. The highest BCUT2D eigenvalue weighted by atomic mass is 79.9. The predicted molar refractivity (Wildman–Crippen MR) is 235 cm³/mol. The van der Waals surface area contributed by atoms with E-state index >= 15 is 0 Å². The molecule has 0 spiro atoms. The first-order valence-corrected chi connectivity index (χ1v) is 23.1. The van der Waals surface area contributed by atoms with Crippen LogP contribution in [0, 0.1) is 6.92 Å². The summed E-state index contributed by atoms with van der Waals surface area (Å²) in [7, 11) is -1.76. The van der Waals surface area contributed by atoms with Gasteiger partial charge < -0.3 is 25.2 Å². The number of piperidine rings is 2. The minimum absolute atomic E-state index is 0.180. The number of piperazine rings is 1. The molecule has 59 heavy (non-hydrogen) atoms. The highest BCUT2D eigenvalue weighted by Crippen LogP contribution is 2.40. The second kappa shape index (κ2) is 17.4. The van der Waals surface area contributed by atoms with Gasteiger partial charge in [-0.25, -0.2) is 13.4 Å². The number of rotatable bonds is 12. The minimum Gasteiger partial charge on any atom is -0.494 e. The van der Waals surface area contributed by atoms with E-state index in [0.29, 0.717) is 65.2 Å². The van der Waals surface area contributed by atoms with E-state index in [0.717, 1.165) is 93.1 Å². The fourth-order valence-electron chi connectivity index (χ4n) is 8.94. The number of para-hydroxylation sites is 1. The van der Waals surface area contributed by atoms with Crippen molar-refractivity contribution in [1.29, 1.82) is 0 Å². The van der Waals surface area contributed by atoms with Gasteiger partial charge in [0.25, 0.3) is 0 Å². The van der Waals surface area contributed by atoms with Crippen molar-refractivity contribution >= 4 is 72.3 Å². The number of benzene rings is 3. The van der Waals surface area contributed by atoms with Crippen LogP contribution < -0.4 is 29.9 Å². The quantitative estimate of drug-likeness (QED) is 0.150. The zero-order chi connectivity index (χ0) is 41.3. The van der Waals surface area contributed by atoms with E-state index in [1.807, 2.05) is 30.3 Å². The van der Waals surface area contributed by atoms with Crippen LogP contribution in [0.15, 0.2) is 65.3 Å². The number of nitrogens with one attached hydrogen (secondary N) is 3. The molecule has 8 rings (SSSR count). The first-order chi connectivity index (χ1) is 28.4. The van der Waals surface area contributed by atoms with Crippen molar-refractivity contribution in [3.8, 4) is 5.75 Å². The molecule has 0 bridgehead atoms. The highest BCUT2D eigenvalue weighted by Gasteiger charge is 2.31. The topological polar surface area (TPSA) is 152 Å². The molecule has 4 aromatic rings. The van der Waals surface area contributed by atoms with Crippen molar-refractivity contribution in [2.24, 2.45) is 0 Å². The van der Waals surface area contributed by atoms with Gasteiger partial charge in [0, 0.05) is 82.8 Å². The minimum atomic E-state index is -3.43. The van der Waals surface area contributed by atoms with Gasteiger partial charge in [0.05, 0.1) is 40.8 Å². The van der Waals surface area contributed by atoms with E-state index in [1.165, 1.54) is 16.1 Å². The largest absolute Gasteiger partial charge is 0.494 e. The number of nitrogens with zero attached hydrogens (tertiary/aromatic N) is 6. The number of hydrogen-bond donors (Lipinski definition) is 3. The molecule has 1 atom stereocenters. The fourth-order valence-corrected chi connectivity index (χ4v) is 10.2. The lowest BCUT2D eigenvalue weighted by atomic mass is 9.90. The number of amides is 2. The summed E-state index contributed by atoms with van der Waals surface area (Å²) in [6.45, 7) is 9.78. The normalized spacial score (nSPS) is 19.4. The smallest absolute Gasteiger partial charge is 0.234 e. The lowest BCUT2D eigenvalue weighted by molar-refractivity contribution is -0.134. The Kier molecular flexibility index (Phi) is 12.1. The monoisotopic (exact) mass is 885 g/mol.